The van der Waals surface area contributed by atoms with Gasteiger partial charge in [0, 0.05) is 5.69 Å². The van der Waals surface area contributed by atoms with E-state index in [0.717, 1.165) is 31.2 Å². The second kappa shape index (κ2) is 6.04. The van der Waals surface area contributed by atoms with Crippen molar-refractivity contribution in [3.05, 3.63) is 29.6 Å². The number of nitrogens with two attached hydrogens (primary N) is 1. The number of hydrogen-bond acceptors (Lipinski definition) is 2. The fraction of sp³-hybridized carbons (Fsp3) is 0.533. The molecule has 1 unspecified atom stereocenters. The van der Waals surface area contributed by atoms with E-state index >= 15 is 0 Å². The number of primary amides is 1. The lowest BCUT2D eigenvalue weighted by Gasteiger charge is -2.29. The number of anilines is 1. The summed E-state index contributed by atoms with van der Waals surface area (Å²) in [5, 5.41) is 3.12. The van der Waals surface area contributed by atoms with Gasteiger partial charge in [-0.3, -0.25) is 4.79 Å². The second-order valence-electron chi connectivity index (χ2n) is 5.44. The highest BCUT2D eigenvalue weighted by molar-refractivity contribution is 5.83. The van der Waals surface area contributed by atoms with Crippen molar-refractivity contribution in [1.82, 2.24) is 0 Å². The van der Waals surface area contributed by atoms with Crippen LogP contribution >= 0.6 is 0 Å². The van der Waals surface area contributed by atoms with Gasteiger partial charge in [-0.1, -0.05) is 19.3 Å². The predicted octanol–water partition coefficient (Wildman–Crippen LogP) is 2.98. The first kappa shape index (κ1) is 13.8. The molecule has 1 saturated carbocycles. The first-order valence-corrected chi connectivity index (χ1v) is 6.89. The van der Waals surface area contributed by atoms with Crippen LogP contribution in [0.2, 0.25) is 0 Å². The number of hydrogen-bond donors (Lipinski definition) is 2. The van der Waals surface area contributed by atoms with Crippen LogP contribution in [-0.2, 0) is 4.79 Å². The zero-order chi connectivity index (χ0) is 13.8. The lowest BCUT2D eigenvalue weighted by atomic mass is 9.83. The van der Waals surface area contributed by atoms with Crippen LogP contribution in [-0.4, -0.2) is 11.9 Å². The fourth-order valence-corrected chi connectivity index (χ4v) is 2.89. The van der Waals surface area contributed by atoms with E-state index in [2.05, 4.69) is 5.32 Å². The topological polar surface area (TPSA) is 55.1 Å². The molecule has 0 saturated heterocycles. The molecule has 1 aliphatic rings. The highest BCUT2D eigenvalue weighted by Gasteiger charge is 2.27. The molecular formula is C15H21FN2O. The van der Waals surface area contributed by atoms with E-state index in [1.807, 2.05) is 13.0 Å². The molecule has 3 nitrogen and oxygen atoms in total. The third-order valence-electron chi connectivity index (χ3n) is 3.79. The molecule has 1 aromatic carbocycles. The Kier molecular flexibility index (Phi) is 4.40. The van der Waals surface area contributed by atoms with Gasteiger partial charge >= 0.3 is 0 Å². The van der Waals surface area contributed by atoms with Crippen LogP contribution in [0.1, 0.15) is 37.7 Å². The van der Waals surface area contributed by atoms with Gasteiger partial charge in [0.2, 0.25) is 5.91 Å². The SMILES string of the molecule is Cc1cc(F)cc(NC(C(N)=O)C2CCCCC2)c1. The molecule has 1 aromatic rings. The van der Waals surface area contributed by atoms with E-state index in [-0.39, 0.29) is 17.6 Å². The monoisotopic (exact) mass is 264 g/mol. The van der Waals surface area contributed by atoms with Gasteiger partial charge in [-0.25, -0.2) is 4.39 Å². The van der Waals surface area contributed by atoms with Crippen molar-refractivity contribution >= 4 is 11.6 Å². The molecule has 0 aromatic heterocycles. The summed E-state index contributed by atoms with van der Waals surface area (Å²) in [6, 6.07) is 4.31. The summed E-state index contributed by atoms with van der Waals surface area (Å²) < 4.78 is 13.4. The van der Waals surface area contributed by atoms with Crippen LogP contribution in [0, 0.1) is 18.7 Å². The standard InChI is InChI=1S/C15H21FN2O/c1-10-7-12(16)9-13(8-10)18-14(15(17)19)11-5-3-2-4-6-11/h7-9,11,14,18H,2-6H2,1H3,(H2,17,19). The highest BCUT2D eigenvalue weighted by Crippen LogP contribution is 2.28. The van der Waals surface area contributed by atoms with Crippen LogP contribution < -0.4 is 11.1 Å². The predicted molar refractivity (Wildman–Crippen MR) is 74.3 cm³/mol. The highest BCUT2D eigenvalue weighted by atomic mass is 19.1. The van der Waals surface area contributed by atoms with Gasteiger partial charge in [0.25, 0.3) is 0 Å². The van der Waals surface area contributed by atoms with Gasteiger partial charge < -0.3 is 11.1 Å². The Balaban J connectivity index is 2.13. The quantitative estimate of drug-likeness (QED) is 0.878. The normalized spacial score (nSPS) is 18.0. The van der Waals surface area contributed by atoms with E-state index in [1.54, 1.807) is 0 Å². The van der Waals surface area contributed by atoms with Crippen molar-refractivity contribution in [1.29, 1.82) is 0 Å². The molecular weight excluding hydrogens is 243 g/mol. The summed E-state index contributed by atoms with van der Waals surface area (Å²) in [4.78, 5) is 11.6. The van der Waals surface area contributed by atoms with E-state index in [0.29, 0.717) is 5.69 Å². The molecule has 0 aliphatic heterocycles. The minimum atomic E-state index is -0.401. The molecule has 104 valence electrons. The van der Waals surface area contributed by atoms with Crippen molar-refractivity contribution in [2.24, 2.45) is 11.7 Å². The summed E-state index contributed by atoms with van der Waals surface area (Å²) in [5.74, 6) is -0.391. The van der Waals surface area contributed by atoms with Crippen molar-refractivity contribution in [2.45, 2.75) is 45.1 Å². The molecule has 0 heterocycles. The molecule has 0 radical (unpaired) electrons. The molecule has 0 spiro atoms. The molecule has 3 N–H and O–H groups in total. The van der Waals surface area contributed by atoms with Gasteiger partial charge in [0.05, 0.1) is 0 Å². The maximum atomic E-state index is 13.4. The molecule has 19 heavy (non-hydrogen) atoms. The number of aryl methyl sites for hydroxylation is 1. The van der Waals surface area contributed by atoms with Crippen molar-refractivity contribution in [2.75, 3.05) is 5.32 Å². The van der Waals surface area contributed by atoms with Gasteiger partial charge in [-0.05, 0) is 49.4 Å². The minimum absolute atomic E-state index is 0.259. The van der Waals surface area contributed by atoms with Crippen LogP contribution in [0.25, 0.3) is 0 Å². The van der Waals surface area contributed by atoms with E-state index < -0.39 is 6.04 Å². The maximum Gasteiger partial charge on any atom is 0.240 e. The summed E-state index contributed by atoms with van der Waals surface area (Å²) >= 11 is 0. The third kappa shape index (κ3) is 3.69. The molecule has 1 atom stereocenters. The van der Waals surface area contributed by atoms with Crippen molar-refractivity contribution in [3.8, 4) is 0 Å². The number of benzene rings is 1. The van der Waals surface area contributed by atoms with E-state index in [9.17, 15) is 9.18 Å². The Labute approximate surface area is 113 Å². The van der Waals surface area contributed by atoms with Crippen molar-refractivity contribution < 1.29 is 9.18 Å². The number of carbonyl (C=O) groups excluding carboxylic acids is 1. The molecule has 0 bridgehead atoms. The number of carbonyl (C=O) groups is 1. The fourth-order valence-electron chi connectivity index (χ4n) is 2.89. The number of halogens is 1. The zero-order valence-electron chi connectivity index (χ0n) is 11.3. The van der Waals surface area contributed by atoms with E-state index in [4.69, 9.17) is 5.73 Å². The lowest BCUT2D eigenvalue weighted by Crippen LogP contribution is -2.42. The summed E-state index contributed by atoms with van der Waals surface area (Å²) in [6.45, 7) is 1.83. The minimum Gasteiger partial charge on any atom is -0.373 e. The van der Waals surface area contributed by atoms with Gasteiger partial charge in [0.1, 0.15) is 11.9 Å². The summed E-state index contributed by atoms with van der Waals surface area (Å²) in [5.41, 5.74) is 6.96. The number of nitrogens with one attached hydrogen (secondary N) is 1. The average molecular weight is 264 g/mol. The molecule has 1 aliphatic carbocycles. The summed E-state index contributed by atoms with van der Waals surface area (Å²) in [6.07, 6.45) is 5.52. The Bertz CT molecular complexity index is 435. The van der Waals surface area contributed by atoms with Crippen molar-refractivity contribution in [3.63, 3.8) is 0 Å². The van der Waals surface area contributed by atoms with E-state index in [1.165, 1.54) is 18.6 Å². The molecule has 2 rings (SSSR count). The van der Waals surface area contributed by atoms with Crippen LogP contribution in [0.5, 0.6) is 0 Å². The summed E-state index contributed by atoms with van der Waals surface area (Å²) in [7, 11) is 0. The van der Waals surface area contributed by atoms with Crippen LogP contribution in [0.3, 0.4) is 0 Å². The Morgan fingerprint density at radius 2 is 2.00 bits per heavy atom. The Morgan fingerprint density at radius 1 is 1.32 bits per heavy atom. The molecule has 1 fully saturated rings. The molecule has 1 amide bonds. The average Bonchev–Trinajstić information content (AvgIpc) is 2.35. The van der Waals surface area contributed by atoms with Gasteiger partial charge in [-0.2, -0.15) is 0 Å². The third-order valence-corrected chi connectivity index (χ3v) is 3.79. The largest absolute Gasteiger partial charge is 0.373 e. The Morgan fingerprint density at radius 3 is 2.58 bits per heavy atom. The smallest absolute Gasteiger partial charge is 0.240 e. The number of amides is 1. The van der Waals surface area contributed by atoms with Crippen LogP contribution in [0.4, 0.5) is 10.1 Å². The second-order valence-corrected chi connectivity index (χ2v) is 5.44. The Hall–Kier alpha value is -1.58. The first-order chi connectivity index (χ1) is 9.06. The number of rotatable bonds is 4. The first-order valence-electron chi connectivity index (χ1n) is 6.89. The maximum absolute atomic E-state index is 13.4. The molecule has 4 heteroatoms. The van der Waals surface area contributed by atoms with Gasteiger partial charge in [-0.15, -0.1) is 0 Å². The van der Waals surface area contributed by atoms with Crippen LogP contribution in [0.15, 0.2) is 18.2 Å². The lowest BCUT2D eigenvalue weighted by molar-refractivity contribution is -0.120. The van der Waals surface area contributed by atoms with Gasteiger partial charge in [0.15, 0.2) is 0 Å². The zero-order valence-corrected chi connectivity index (χ0v) is 11.3.